The Morgan fingerprint density at radius 3 is 1.49 bits per heavy atom. The lowest BCUT2D eigenvalue weighted by atomic mass is 9.90. The van der Waals surface area contributed by atoms with E-state index in [0.29, 0.717) is 39.3 Å². The van der Waals surface area contributed by atoms with Gasteiger partial charge >= 0.3 is 6.09 Å². The highest BCUT2D eigenvalue weighted by atomic mass is 16.6. The minimum absolute atomic E-state index is 0.213. The number of nitrogens with one attached hydrogen (secondary N) is 1. The lowest BCUT2D eigenvalue weighted by Crippen LogP contribution is -2.61. The van der Waals surface area contributed by atoms with Crippen molar-refractivity contribution in [2.75, 3.05) is 6.61 Å². The molecule has 0 spiro atoms. The summed E-state index contributed by atoms with van der Waals surface area (Å²) in [5, 5.41) is 2.86. The van der Waals surface area contributed by atoms with Gasteiger partial charge in [-0.1, -0.05) is 198 Å². The molecule has 0 aromatic heterocycles. The van der Waals surface area contributed by atoms with Gasteiger partial charge in [-0.15, -0.1) is 0 Å². The molecule has 4 aromatic carbocycles. The van der Waals surface area contributed by atoms with E-state index in [9.17, 15) is 9.59 Å². The fourth-order valence-electron chi connectivity index (χ4n) is 8.28. The van der Waals surface area contributed by atoms with Crippen molar-refractivity contribution in [3.63, 3.8) is 0 Å². The zero-order valence-electron chi connectivity index (χ0n) is 40.7. The molecule has 0 unspecified atom stereocenters. The minimum Gasteiger partial charge on any atom is -0.444 e. The van der Waals surface area contributed by atoms with Crippen LogP contribution in [-0.2, 0) is 59.6 Å². The van der Waals surface area contributed by atoms with Crippen LogP contribution < -0.4 is 5.32 Å². The first-order chi connectivity index (χ1) is 32.7. The van der Waals surface area contributed by atoms with Gasteiger partial charge in [0, 0.05) is 6.42 Å². The number of unbranched alkanes of at least 4 members (excludes halogenated alkanes) is 11. The fraction of sp³-hybridized carbons (Fsp3) is 0.517. The van der Waals surface area contributed by atoms with Crippen LogP contribution in [0.2, 0.25) is 0 Å². The molecular formula is C58H77NO8. The maximum atomic E-state index is 14.0. The molecule has 9 heteroatoms. The maximum absolute atomic E-state index is 14.0. The number of ether oxygens (including phenoxy) is 6. The quantitative estimate of drug-likeness (QED) is 0.0326. The molecule has 1 aliphatic heterocycles. The Morgan fingerprint density at radius 1 is 0.582 bits per heavy atom. The zero-order chi connectivity index (χ0) is 47.4. The third-order valence-electron chi connectivity index (χ3n) is 11.8. The number of hydrogen-bond acceptors (Lipinski definition) is 8. The van der Waals surface area contributed by atoms with E-state index in [1.54, 1.807) is 20.8 Å². The van der Waals surface area contributed by atoms with E-state index in [2.05, 4.69) is 24.1 Å². The first-order valence-electron chi connectivity index (χ1n) is 24.9. The third kappa shape index (κ3) is 20.9. The van der Waals surface area contributed by atoms with Crippen molar-refractivity contribution in [2.45, 2.75) is 186 Å². The summed E-state index contributed by atoms with van der Waals surface area (Å²) in [5.74, 6) is 5.63. The molecule has 1 amide bonds. The van der Waals surface area contributed by atoms with Crippen molar-refractivity contribution in [3.05, 3.63) is 144 Å². The first-order valence-corrected chi connectivity index (χ1v) is 24.9. The molecular weight excluding hydrogens is 839 g/mol. The Kier molecular flexibility index (Phi) is 24.2. The molecule has 1 heterocycles. The number of hydrogen-bond donors (Lipinski definition) is 1. The van der Waals surface area contributed by atoms with E-state index in [1.807, 2.05) is 121 Å². The summed E-state index contributed by atoms with van der Waals surface area (Å²) in [6, 6.07) is 39.2. The topological polar surface area (TPSA) is 102 Å². The molecule has 1 fully saturated rings. The lowest BCUT2D eigenvalue weighted by molar-refractivity contribution is -0.273. The summed E-state index contributed by atoms with van der Waals surface area (Å²) in [4.78, 5) is 27.3. The number of Topliss-reactive ketones (excluding diaryl/α,β-unsaturated/α-hetero) is 1. The van der Waals surface area contributed by atoms with Gasteiger partial charge in [0.05, 0.1) is 39.1 Å². The van der Waals surface area contributed by atoms with Gasteiger partial charge in [-0.2, -0.15) is 0 Å². The molecule has 0 bridgehead atoms. The molecule has 5 rings (SSSR count). The van der Waals surface area contributed by atoms with Gasteiger partial charge in [0.25, 0.3) is 0 Å². The van der Waals surface area contributed by atoms with E-state index < -0.39 is 48.3 Å². The SMILES string of the molecule is CCCCCCCCCCCCCC#CC(=O)[C@H](CC[C@@H]1O[C@H](COCc2ccccc2)[C@H](OCc2ccccc2)[C@H](OCc2ccccc2)[C@H]1OCc1ccccc1)NC(=O)OC(C)(C)C. The molecule has 0 saturated carbocycles. The second-order valence-corrected chi connectivity index (χ2v) is 18.7. The molecule has 1 aliphatic rings. The number of carbonyl (C=O) groups is 2. The Labute approximate surface area is 402 Å². The van der Waals surface area contributed by atoms with Crippen molar-refractivity contribution in [3.8, 4) is 11.8 Å². The second-order valence-electron chi connectivity index (χ2n) is 18.7. The monoisotopic (exact) mass is 916 g/mol. The van der Waals surface area contributed by atoms with E-state index >= 15 is 0 Å². The number of benzene rings is 4. The summed E-state index contributed by atoms with van der Waals surface area (Å²) in [7, 11) is 0. The predicted molar refractivity (Wildman–Crippen MR) is 266 cm³/mol. The Bertz CT molecular complexity index is 2000. The number of ketones is 1. The second kappa shape index (κ2) is 30.5. The van der Waals surface area contributed by atoms with Crippen LogP contribution >= 0.6 is 0 Å². The molecule has 362 valence electrons. The molecule has 0 radical (unpaired) electrons. The molecule has 0 aliphatic carbocycles. The zero-order valence-corrected chi connectivity index (χ0v) is 40.7. The lowest BCUT2D eigenvalue weighted by Gasteiger charge is -2.46. The van der Waals surface area contributed by atoms with Crippen molar-refractivity contribution in [2.24, 2.45) is 0 Å². The third-order valence-corrected chi connectivity index (χ3v) is 11.8. The highest BCUT2D eigenvalue weighted by Crippen LogP contribution is 2.33. The highest BCUT2D eigenvalue weighted by Gasteiger charge is 2.48. The summed E-state index contributed by atoms with van der Waals surface area (Å²) in [5.41, 5.74) is 3.29. The summed E-state index contributed by atoms with van der Waals surface area (Å²) in [6.45, 7) is 9.17. The number of rotatable bonds is 29. The normalized spacial score (nSPS) is 18.7. The molecule has 67 heavy (non-hydrogen) atoms. The van der Waals surface area contributed by atoms with Gasteiger partial charge in [0.2, 0.25) is 5.78 Å². The molecule has 1 N–H and O–H groups in total. The molecule has 6 atom stereocenters. The predicted octanol–water partition coefficient (Wildman–Crippen LogP) is 12.7. The van der Waals surface area contributed by atoms with E-state index in [0.717, 1.165) is 35.1 Å². The number of carbonyl (C=O) groups excluding carboxylic acids is 2. The van der Waals surface area contributed by atoms with E-state index in [1.165, 1.54) is 57.8 Å². The summed E-state index contributed by atoms with van der Waals surface area (Å²) >= 11 is 0. The van der Waals surface area contributed by atoms with Crippen LogP contribution in [0.4, 0.5) is 4.79 Å². The summed E-state index contributed by atoms with van der Waals surface area (Å²) in [6.07, 6.45) is 11.1. The van der Waals surface area contributed by atoms with Crippen LogP contribution in [0.3, 0.4) is 0 Å². The summed E-state index contributed by atoms with van der Waals surface area (Å²) < 4.78 is 39.8. The highest BCUT2D eigenvalue weighted by molar-refractivity contribution is 6.01. The van der Waals surface area contributed by atoms with Gasteiger partial charge in [-0.25, -0.2) is 4.79 Å². The van der Waals surface area contributed by atoms with E-state index in [4.69, 9.17) is 28.4 Å². The Hall–Kier alpha value is -4.82. The van der Waals surface area contributed by atoms with Crippen LogP contribution in [0.1, 0.15) is 140 Å². The van der Waals surface area contributed by atoms with Gasteiger partial charge in [-0.3, -0.25) is 4.79 Å². The van der Waals surface area contributed by atoms with Crippen molar-refractivity contribution in [1.82, 2.24) is 5.32 Å². The average Bonchev–Trinajstić information content (AvgIpc) is 3.33. The Balaban J connectivity index is 1.36. The van der Waals surface area contributed by atoms with Crippen LogP contribution in [0.5, 0.6) is 0 Å². The molecule has 4 aromatic rings. The largest absolute Gasteiger partial charge is 0.444 e. The smallest absolute Gasteiger partial charge is 0.408 e. The van der Waals surface area contributed by atoms with Gasteiger partial charge in [-0.05, 0) is 68.2 Å². The minimum atomic E-state index is -0.943. The van der Waals surface area contributed by atoms with Gasteiger partial charge < -0.3 is 33.7 Å². The van der Waals surface area contributed by atoms with Crippen LogP contribution in [0, 0.1) is 11.8 Å². The Morgan fingerprint density at radius 2 is 1.01 bits per heavy atom. The van der Waals surface area contributed by atoms with Crippen LogP contribution in [-0.4, -0.2) is 60.6 Å². The van der Waals surface area contributed by atoms with Crippen molar-refractivity contribution >= 4 is 11.9 Å². The van der Waals surface area contributed by atoms with Crippen molar-refractivity contribution < 1.29 is 38.0 Å². The fourth-order valence-corrected chi connectivity index (χ4v) is 8.28. The average molecular weight is 916 g/mol. The van der Waals surface area contributed by atoms with Crippen LogP contribution in [0.15, 0.2) is 121 Å². The van der Waals surface area contributed by atoms with Gasteiger partial charge in [0.1, 0.15) is 36.1 Å². The van der Waals surface area contributed by atoms with Gasteiger partial charge in [0.15, 0.2) is 0 Å². The first kappa shape index (κ1) is 53.1. The standard InChI is InChI=1S/C58H77NO8/c1-5-6-7-8-9-10-11-12-13-14-15-16-29-38-51(60)50(59-57(61)67-58(2,3)4)39-40-52-54(63-42-47-32-23-18-24-33-47)56(65-44-49-36-27-20-28-37-49)55(64-43-48-34-25-19-26-35-48)53(66-52)45-62-41-46-30-21-17-22-31-46/h17-28,30-37,50,52-56H,5-16,39-45H2,1-4H3,(H,59,61)/t50-,52-,53+,54-,55-,56+/m0/s1. The number of amides is 1. The number of alkyl carbamates (subject to hydrolysis) is 1. The molecule has 1 saturated heterocycles. The van der Waals surface area contributed by atoms with E-state index in [-0.39, 0.29) is 18.8 Å². The molecule has 9 nitrogen and oxygen atoms in total. The maximum Gasteiger partial charge on any atom is 0.408 e. The van der Waals surface area contributed by atoms with Crippen molar-refractivity contribution in [1.29, 1.82) is 0 Å². The van der Waals surface area contributed by atoms with Crippen LogP contribution in [0.25, 0.3) is 0 Å².